The molecule has 0 saturated carbocycles. The topological polar surface area (TPSA) is 50.4 Å². The maximum Gasteiger partial charge on any atom is 0.0408 e. The van der Waals surface area contributed by atoms with Crippen molar-refractivity contribution in [3.63, 3.8) is 0 Å². The molecule has 0 radical (unpaired) electrons. The first kappa shape index (κ1) is 7.54. The minimum absolute atomic E-state index is 0.659. The molecule has 0 spiro atoms. The molecule has 58 valence electrons. The largest absolute Gasteiger partial charge is 0.330 e. The summed E-state index contributed by atoms with van der Waals surface area (Å²) in [6.45, 7) is 1.84. The fourth-order valence-electron chi connectivity index (χ4n) is 1.11. The van der Waals surface area contributed by atoms with Crippen molar-refractivity contribution in [2.75, 3.05) is 13.1 Å². The van der Waals surface area contributed by atoms with Crippen molar-refractivity contribution in [3.8, 4) is 0 Å². The first-order valence-electron chi connectivity index (χ1n) is 3.89. The lowest BCUT2D eigenvalue weighted by atomic mass is 10.0. The quantitative estimate of drug-likeness (QED) is 0.554. The first-order chi connectivity index (χ1) is 4.93. The third-order valence-electron chi connectivity index (χ3n) is 1.76. The third kappa shape index (κ3) is 2.35. The van der Waals surface area contributed by atoms with Gasteiger partial charge in [-0.25, -0.2) is 0 Å². The van der Waals surface area contributed by atoms with Crippen molar-refractivity contribution < 1.29 is 0 Å². The van der Waals surface area contributed by atoms with Crippen molar-refractivity contribution in [3.05, 3.63) is 0 Å². The minimum atomic E-state index is 0.659. The number of hydrogen-bond donors (Lipinski definition) is 2. The maximum absolute atomic E-state index is 5.36. The molecule has 0 aromatic heterocycles. The van der Waals surface area contributed by atoms with E-state index in [2.05, 4.69) is 10.5 Å². The summed E-state index contributed by atoms with van der Waals surface area (Å²) < 4.78 is 0. The van der Waals surface area contributed by atoms with Gasteiger partial charge in [0.15, 0.2) is 0 Å². The van der Waals surface area contributed by atoms with Crippen LogP contribution < -0.4 is 11.2 Å². The van der Waals surface area contributed by atoms with Gasteiger partial charge >= 0.3 is 0 Å². The molecule has 0 saturated heterocycles. The molecule has 3 N–H and O–H groups in total. The molecule has 10 heavy (non-hydrogen) atoms. The van der Waals surface area contributed by atoms with Gasteiger partial charge < -0.3 is 11.2 Å². The lowest BCUT2D eigenvalue weighted by molar-refractivity contribution is 0.571. The van der Waals surface area contributed by atoms with E-state index < -0.39 is 0 Å². The van der Waals surface area contributed by atoms with Crippen molar-refractivity contribution >= 4 is 6.21 Å². The summed E-state index contributed by atoms with van der Waals surface area (Å²) in [7, 11) is 0. The number of nitrogens with zero attached hydrogens (tertiary/aromatic N) is 1. The summed E-state index contributed by atoms with van der Waals surface area (Å²) >= 11 is 0. The zero-order valence-corrected chi connectivity index (χ0v) is 6.21. The number of hydrogen-bond acceptors (Lipinski definition) is 3. The molecule has 1 aliphatic rings. The van der Waals surface area contributed by atoms with Gasteiger partial charge in [0, 0.05) is 18.7 Å². The van der Waals surface area contributed by atoms with Crippen LogP contribution in [0.1, 0.15) is 19.3 Å². The lowest BCUT2D eigenvalue weighted by Crippen LogP contribution is -2.10. The molecule has 0 aromatic carbocycles. The van der Waals surface area contributed by atoms with Gasteiger partial charge in [0.1, 0.15) is 0 Å². The number of rotatable bonds is 4. The first-order valence-corrected chi connectivity index (χ1v) is 3.89. The summed E-state index contributed by atoms with van der Waals surface area (Å²) in [5.74, 6) is 0.659. The van der Waals surface area contributed by atoms with Crippen LogP contribution in [0.3, 0.4) is 0 Å². The van der Waals surface area contributed by atoms with Crippen LogP contribution in [0.2, 0.25) is 0 Å². The van der Waals surface area contributed by atoms with Crippen LogP contribution in [0.5, 0.6) is 0 Å². The van der Waals surface area contributed by atoms with Crippen molar-refractivity contribution in [2.45, 2.75) is 19.3 Å². The molecule has 0 aromatic rings. The van der Waals surface area contributed by atoms with Gasteiger partial charge in [-0.2, -0.15) is 5.10 Å². The second kappa shape index (κ2) is 4.28. The lowest BCUT2D eigenvalue weighted by Gasteiger charge is -2.02. The highest BCUT2D eigenvalue weighted by Crippen LogP contribution is 2.07. The van der Waals surface area contributed by atoms with Gasteiger partial charge in [0.05, 0.1) is 0 Å². The Morgan fingerprint density at radius 3 is 3.10 bits per heavy atom. The van der Waals surface area contributed by atoms with E-state index in [4.69, 9.17) is 5.73 Å². The van der Waals surface area contributed by atoms with Gasteiger partial charge in [-0.15, -0.1) is 0 Å². The van der Waals surface area contributed by atoms with Gasteiger partial charge in [0.25, 0.3) is 0 Å². The van der Waals surface area contributed by atoms with E-state index in [0.29, 0.717) is 5.92 Å². The Kier molecular flexibility index (Phi) is 3.22. The molecule has 3 heteroatoms. The Morgan fingerprint density at radius 2 is 2.50 bits per heavy atom. The van der Waals surface area contributed by atoms with Crippen LogP contribution in [-0.2, 0) is 0 Å². The second-order valence-corrected chi connectivity index (χ2v) is 2.68. The summed E-state index contributed by atoms with van der Waals surface area (Å²) in [5, 5.41) is 3.94. The standard InChI is InChI=1S/C7H15N3/c8-4-2-1-3-7-5-9-10-6-7/h5,7,10H,1-4,6,8H2. The van der Waals surface area contributed by atoms with Crippen LogP contribution in [-0.4, -0.2) is 19.3 Å². The van der Waals surface area contributed by atoms with E-state index in [9.17, 15) is 0 Å². The highest BCUT2D eigenvalue weighted by molar-refractivity contribution is 5.62. The molecule has 0 amide bonds. The zero-order chi connectivity index (χ0) is 7.23. The molecule has 1 atom stereocenters. The van der Waals surface area contributed by atoms with Gasteiger partial charge in [-0.1, -0.05) is 6.42 Å². The molecule has 1 rings (SSSR count). The molecule has 1 unspecified atom stereocenters. The highest BCUT2D eigenvalue weighted by Gasteiger charge is 2.08. The van der Waals surface area contributed by atoms with Crippen LogP contribution in [0, 0.1) is 5.92 Å². The van der Waals surface area contributed by atoms with E-state index in [1.807, 2.05) is 6.21 Å². The normalized spacial score (nSPS) is 23.1. The predicted octanol–water partition coefficient (Wildman–Crippen LogP) is 0.321. The number of nitrogens with two attached hydrogens (primary N) is 1. The Morgan fingerprint density at radius 1 is 1.60 bits per heavy atom. The van der Waals surface area contributed by atoms with Crippen molar-refractivity contribution in [1.29, 1.82) is 0 Å². The van der Waals surface area contributed by atoms with Gasteiger partial charge in [-0.3, -0.25) is 0 Å². The average Bonchev–Trinajstić information content (AvgIpc) is 2.41. The molecule has 0 fully saturated rings. The average molecular weight is 141 g/mol. The monoisotopic (exact) mass is 141 g/mol. The van der Waals surface area contributed by atoms with E-state index in [0.717, 1.165) is 19.5 Å². The Balaban J connectivity index is 1.97. The maximum atomic E-state index is 5.36. The fraction of sp³-hybridized carbons (Fsp3) is 0.857. The Hall–Kier alpha value is -0.570. The second-order valence-electron chi connectivity index (χ2n) is 2.68. The molecule has 3 nitrogen and oxygen atoms in total. The Bertz CT molecular complexity index is 111. The summed E-state index contributed by atoms with van der Waals surface area (Å²) in [6, 6.07) is 0. The molecular formula is C7H15N3. The molecule has 1 heterocycles. The predicted molar refractivity (Wildman–Crippen MR) is 42.9 cm³/mol. The summed E-state index contributed by atoms with van der Waals surface area (Å²) in [5.41, 5.74) is 8.30. The molecular weight excluding hydrogens is 126 g/mol. The van der Waals surface area contributed by atoms with Crippen molar-refractivity contribution in [1.82, 2.24) is 5.43 Å². The summed E-state index contributed by atoms with van der Waals surface area (Å²) in [6.07, 6.45) is 5.60. The van der Waals surface area contributed by atoms with E-state index >= 15 is 0 Å². The number of unbranched alkanes of at least 4 members (excludes halogenated alkanes) is 1. The smallest absolute Gasteiger partial charge is 0.0408 e. The van der Waals surface area contributed by atoms with Crippen LogP contribution in [0.15, 0.2) is 5.10 Å². The molecule has 0 aliphatic carbocycles. The fourth-order valence-corrected chi connectivity index (χ4v) is 1.11. The van der Waals surface area contributed by atoms with Crippen LogP contribution in [0.25, 0.3) is 0 Å². The van der Waals surface area contributed by atoms with Crippen LogP contribution >= 0.6 is 0 Å². The SMILES string of the molecule is NCCCCC1C=NNC1. The number of hydrazone groups is 1. The minimum Gasteiger partial charge on any atom is -0.330 e. The van der Waals surface area contributed by atoms with E-state index in [-0.39, 0.29) is 0 Å². The van der Waals surface area contributed by atoms with Gasteiger partial charge in [-0.05, 0) is 19.4 Å². The van der Waals surface area contributed by atoms with Gasteiger partial charge in [0.2, 0.25) is 0 Å². The zero-order valence-electron chi connectivity index (χ0n) is 6.21. The third-order valence-corrected chi connectivity index (χ3v) is 1.76. The van der Waals surface area contributed by atoms with Crippen LogP contribution in [0.4, 0.5) is 0 Å². The number of nitrogens with one attached hydrogen (secondary N) is 1. The van der Waals surface area contributed by atoms with Crippen molar-refractivity contribution in [2.24, 2.45) is 16.8 Å². The highest BCUT2D eigenvalue weighted by atomic mass is 15.3. The molecule has 0 bridgehead atoms. The van der Waals surface area contributed by atoms with E-state index in [1.54, 1.807) is 0 Å². The Labute approximate surface area is 61.7 Å². The summed E-state index contributed by atoms with van der Waals surface area (Å²) in [4.78, 5) is 0. The molecule has 1 aliphatic heterocycles. The van der Waals surface area contributed by atoms with E-state index in [1.165, 1.54) is 12.8 Å².